The van der Waals surface area contributed by atoms with Crippen LogP contribution in [0.15, 0.2) is 83.8 Å². The Bertz CT molecular complexity index is 1450. The zero-order valence-electron chi connectivity index (χ0n) is 18.3. The highest BCUT2D eigenvalue weighted by atomic mass is 35.5. The number of hydrogen-bond donors (Lipinski definition) is 2. The number of aryl methyl sites for hydroxylation is 1. The minimum atomic E-state index is -4.11. The van der Waals surface area contributed by atoms with Gasteiger partial charge in [-0.2, -0.15) is 5.10 Å². The van der Waals surface area contributed by atoms with Gasteiger partial charge in [-0.05, 0) is 49.4 Å². The van der Waals surface area contributed by atoms with Gasteiger partial charge in [0.2, 0.25) is 0 Å². The quantitative estimate of drug-likeness (QED) is 0.379. The standard InChI is InChI=1S/C24H21ClN4O4S/c1-16-14-23(29(27-16)18-8-4-3-5-9-18)26-24(30)17-12-13-19(25)22(15-17)34(31,32)28-20-10-6-7-11-21(20)33-2/h3-15,28H,1-2H3,(H,26,30). The van der Waals surface area contributed by atoms with E-state index in [0.29, 0.717) is 17.3 Å². The van der Waals surface area contributed by atoms with Crippen LogP contribution in [-0.4, -0.2) is 31.2 Å². The average Bonchev–Trinajstić information content (AvgIpc) is 3.19. The van der Waals surface area contributed by atoms with Gasteiger partial charge in [0.25, 0.3) is 15.9 Å². The van der Waals surface area contributed by atoms with Crippen molar-refractivity contribution in [2.75, 3.05) is 17.1 Å². The van der Waals surface area contributed by atoms with Crippen LogP contribution in [0.2, 0.25) is 5.02 Å². The summed E-state index contributed by atoms with van der Waals surface area (Å²) < 4.78 is 35.4. The first-order chi connectivity index (χ1) is 16.3. The lowest BCUT2D eigenvalue weighted by Gasteiger charge is -2.14. The fourth-order valence-corrected chi connectivity index (χ4v) is 4.92. The monoisotopic (exact) mass is 496 g/mol. The van der Waals surface area contributed by atoms with Gasteiger partial charge in [0, 0.05) is 11.6 Å². The molecular formula is C24H21ClN4O4S. The number of halogens is 1. The van der Waals surface area contributed by atoms with Gasteiger partial charge in [-0.25, -0.2) is 13.1 Å². The summed E-state index contributed by atoms with van der Waals surface area (Å²) in [4.78, 5) is 12.8. The molecule has 0 aliphatic carbocycles. The van der Waals surface area contributed by atoms with Crippen molar-refractivity contribution in [2.45, 2.75) is 11.8 Å². The Morgan fingerprint density at radius 2 is 1.71 bits per heavy atom. The molecule has 0 aliphatic rings. The number of sulfonamides is 1. The maximum absolute atomic E-state index is 13.1. The van der Waals surface area contributed by atoms with Crippen LogP contribution in [0.1, 0.15) is 16.1 Å². The molecule has 0 saturated heterocycles. The maximum Gasteiger partial charge on any atom is 0.263 e. The molecule has 4 rings (SSSR count). The Morgan fingerprint density at radius 1 is 1.00 bits per heavy atom. The molecular weight excluding hydrogens is 476 g/mol. The van der Waals surface area contributed by atoms with Gasteiger partial charge in [-0.1, -0.05) is 41.9 Å². The molecule has 174 valence electrons. The topological polar surface area (TPSA) is 102 Å². The van der Waals surface area contributed by atoms with Gasteiger partial charge in [0.1, 0.15) is 16.5 Å². The van der Waals surface area contributed by atoms with E-state index in [1.807, 2.05) is 37.3 Å². The number of aromatic nitrogens is 2. The SMILES string of the molecule is COc1ccccc1NS(=O)(=O)c1cc(C(=O)Nc2cc(C)nn2-c2ccccc2)ccc1Cl. The number of benzene rings is 3. The summed E-state index contributed by atoms with van der Waals surface area (Å²) in [6.45, 7) is 1.81. The van der Waals surface area contributed by atoms with Crippen LogP contribution in [0, 0.1) is 6.92 Å². The van der Waals surface area contributed by atoms with Crippen molar-refractivity contribution in [3.63, 3.8) is 0 Å². The molecule has 2 N–H and O–H groups in total. The van der Waals surface area contributed by atoms with Crippen molar-refractivity contribution in [1.82, 2.24) is 9.78 Å². The first-order valence-electron chi connectivity index (χ1n) is 10.2. The van der Waals surface area contributed by atoms with Crippen LogP contribution in [-0.2, 0) is 10.0 Å². The van der Waals surface area contributed by atoms with Crippen LogP contribution in [0.3, 0.4) is 0 Å². The number of nitrogens with one attached hydrogen (secondary N) is 2. The molecule has 3 aromatic carbocycles. The Hall–Kier alpha value is -3.82. The van der Waals surface area contributed by atoms with E-state index in [-0.39, 0.29) is 21.2 Å². The fraction of sp³-hybridized carbons (Fsp3) is 0.0833. The molecule has 1 aromatic heterocycles. The van der Waals surface area contributed by atoms with Crippen LogP contribution >= 0.6 is 11.6 Å². The van der Waals surface area contributed by atoms with Crippen molar-refractivity contribution in [1.29, 1.82) is 0 Å². The van der Waals surface area contributed by atoms with Gasteiger partial charge >= 0.3 is 0 Å². The fourth-order valence-electron chi connectivity index (χ4n) is 3.32. The number of para-hydroxylation sites is 3. The highest BCUT2D eigenvalue weighted by Gasteiger charge is 2.22. The first-order valence-corrected chi connectivity index (χ1v) is 12.0. The molecule has 1 amide bonds. The summed E-state index contributed by atoms with van der Waals surface area (Å²) in [7, 11) is -2.67. The predicted molar refractivity (Wildman–Crippen MR) is 132 cm³/mol. The van der Waals surface area contributed by atoms with Gasteiger partial charge in [0.05, 0.1) is 29.2 Å². The minimum Gasteiger partial charge on any atom is -0.495 e. The Morgan fingerprint density at radius 3 is 2.44 bits per heavy atom. The number of hydrogen-bond acceptors (Lipinski definition) is 5. The number of nitrogens with zero attached hydrogens (tertiary/aromatic N) is 2. The van der Waals surface area contributed by atoms with Gasteiger partial charge in [0.15, 0.2) is 0 Å². The number of methoxy groups -OCH3 is 1. The molecule has 10 heteroatoms. The van der Waals surface area contributed by atoms with E-state index in [1.165, 1.54) is 25.3 Å². The van der Waals surface area contributed by atoms with Crippen LogP contribution in [0.5, 0.6) is 5.75 Å². The maximum atomic E-state index is 13.1. The number of carbonyl (C=O) groups excluding carboxylic acids is 1. The molecule has 0 unspecified atom stereocenters. The molecule has 0 aliphatic heterocycles. The van der Waals surface area contributed by atoms with Crippen molar-refractivity contribution in [3.05, 3.63) is 95.1 Å². The predicted octanol–water partition coefficient (Wildman–Crippen LogP) is 4.90. The smallest absolute Gasteiger partial charge is 0.263 e. The minimum absolute atomic E-state index is 0.0240. The van der Waals surface area contributed by atoms with Crippen molar-refractivity contribution < 1.29 is 17.9 Å². The summed E-state index contributed by atoms with van der Waals surface area (Å²) >= 11 is 6.20. The number of rotatable bonds is 7. The molecule has 4 aromatic rings. The van der Waals surface area contributed by atoms with E-state index >= 15 is 0 Å². The van der Waals surface area contributed by atoms with Crippen LogP contribution in [0.25, 0.3) is 5.69 Å². The third kappa shape index (κ3) is 4.90. The molecule has 0 bridgehead atoms. The lowest BCUT2D eigenvalue weighted by Crippen LogP contribution is -2.18. The highest BCUT2D eigenvalue weighted by molar-refractivity contribution is 7.92. The lowest BCUT2D eigenvalue weighted by molar-refractivity contribution is 0.102. The molecule has 0 atom stereocenters. The average molecular weight is 497 g/mol. The zero-order chi connectivity index (χ0) is 24.3. The van der Waals surface area contributed by atoms with Crippen molar-refractivity contribution in [2.24, 2.45) is 0 Å². The normalized spacial score (nSPS) is 11.1. The van der Waals surface area contributed by atoms with E-state index in [2.05, 4.69) is 15.1 Å². The molecule has 34 heavy (non-hydrogen) atoms. The molecule has 8 nitrogen and oxygen atoms in total. The summed E-state index contributed by atoms with van der Waals surface area (Å²) in [5.41, 5.74) is 1.84. The summed E-state index contributed by atoms with van der Waals surface area (Å²) in [5, 5.41) is 7.20. The zero-order valence-corrected chi connectivity index (χ0v) is 19.9. The van der Waals surface area contributed by atoms with E-state index in [0.717, 1.165) is 5.69 Å². The molecule has 1 heterocycles. The third-order valence-electron chi connectivity index (χ3n) is 4.91. The van der Waals surface area contributed by atoms with Crippen molar-refractivity contribution in [3.8, 4) is 11.4 Å². The highest BCUT2D eigenvalue weighted by Crippen LogP contribution is 2.29. The van der Waals surface area contributed by atoms with E-state index in [9.17, 15) is 13.2 Å². The number of anilines is 2. The summed E-state index contributed by atoms with van der Waals surface area (Å²) in [6, 6.07) is 21.7. The van der Waals surface area contributed by atoms with Gasteiger partial charge in [-0.3, -0.25) is 9.52 Å². The second-order valence-electron chi connectivity index (χ2n) is 7.32. The summed E-state index contributed by atoms with van der Waals surface area (Å²) in [5.74, 6) is 0.281. The molecule has 0 fully saturated rings. The number of carbonyl (C=O) groups is 1. The number of amides is 1. The molecule has 0 radical (unpaired) electrons. The Kier molecular flexibility index (Phi) is 6.58. The van der Waals surface area contributed by atoms with Crippen LogP contribution < -0.4 is 14.8 Å². The van der Waals surface area contributed by atoms with Gasteiger partial charge < -0.3 is 10.1 Å². The van der Waals surface area contributed by atoms with Crippen LogP contribution in [0.4, 0.5) is 11.5 Å². The number of ether oxygens (including phenoxy) is 1. The molecule has 0 spiro atoms. The Labute approximate surface area is 202 Å². The summed E-state index contributed by atoms with van der Waals surface area (Å²) in [6.07, 6.45) is 0. The van der Waals surface area contributed by atoms with Crippen molar-refractivity contribution >= 4 is 39.0 Å². The molecule has 0 saturated carbocycles. The second-order valence-corrected chi connectivity index (χ2v) is 9.38. The van der Waals surface area contributed by atoms with E-state index < -0.39 is 15.9 Å². The Balaban J connectivity index is 1.63. The van der Waals surface area contributed by atoms with Gasteiger partial charge in [-0.15, -0.1) is 0 Å². The van der Waals surface area contributed by atoms with E-state index in [4.69, 9.17) is 16.3 Å². The van der Waals surface area contributed by atoms with E-state index in [1.54, 1.807) is 35.0 Å². The lowest BCUT2D eigenvalue weighted by atomic mass is 10.2. The second kappa shape index (κ2) is 9.58. The third-order valence-corrected chi connectivity index (χ3v) is 6.76. The first kappa shape index (κ1) is 23.3. The largest absolute Gasteiger partial charge is 0.495 e.